The van der Waals surface area contributed by atoms with Crippen molar-refractivity contribution in [2.45, 2.75) is 47.6 Å². The standard InChI is InChI=1S/C13H25NO2/c1-8(2)10(5)7-11(6)12(9(3)4)16-13(14)15/h7-10,12H,1-6H3,(H2,14,15)/b11-7+/t10-,12+/m0/s1. The molecule has 3 nitrogen and oxygen atoms in total. The van der Waals surface area contributed by atoms with E-state index < -0.39 is 6.09 Å². The topological polar surface area (TPSA) is 52.3 Å². The molecule has 2 atom stereocenters. The number of rotatable bonds is 5. The Labute approximate surface area is 99.0 Å². The van der Waals surface area contributed by atoms with Crippen molar-refractivity contribution in [1.82, 2.24) is 0 Å². The molecule has 0 aromatic heterocycles. The van der Waals surface area contributed by atoms with Crippen LogP contribution in [0.4, 0.5) is 4.79 Å². The Balaban J connectivity index is 4.72. The molecule has 0 aliphatic heterocycles. The summed E-state index contributed by atoms with van der Waals surface area (Å²) >= 11 is 0. The Bertz CT molecular complexity index is 257. The molecular weight excluding hydrogens is 202 g/mol. The van der Waals surface area contributed by atoms with Gasteiger partial charge in [0, 0.05) is 0 Å². The van der Waals surface area contributed by atoms with Gasteiger partial charge < -0.3 is 10.5 Å². The smallest absolute Gasteiger partial charge is 0.405 e. The highest BCUT2D eigenvalue weighted by atomic mass is 16.6. The van der Waals surface area contributed by atoms with Crippen LogP contribution >= 0.6 is 0 Å². The summed E-state index contributed by atoms with van der Waals surface area (Å²) in [5, 5.41) is 0. The van der Waals surface area contributed by atoms with Gasteiger partial charge in [-0.3, -0.25) is 0 Å². The molecule has 0 saturated heterocycles. The summed E-state index contributed by atoms with van der Waals surface area (Å²) in [5.74, 6) is 1.29. The van der Waals surface area contributed by atoms with Crippen LogP contribution in [0, 0.1) is 17.8 Å². The maximum Gasteiger partial charge on any atom is 0.405 e. The van der Waals surface area contributed by atoms with Crippen LogP contribution in [0.1, 0.15) is 41.5 Å². The molecule has 0 spiro atoms. The first kappa shape index (κ1) is 15.0. The predicted octanol–water partition coefficient (Wildman–Crippen LogP) is 3.34. The summed E-state index contributed by atoms with van der Waals surface area (Å²) in [5.41, 5.74) is 6.15. The van der Waals surface area contributed by atoms with Gasteiger partial charge in [0.2, 0.25) is 0 Å². The number of amides is 1. The van der Waals surface area contributed by atoms with Gasteiger partial charge in [-0.25, -0.2) is 4.79 Å². The zero-order chi connectivity index (χ0) is 12.9. The van der Waals surface area contributed by atoms with Crippen LogP contribution < -0.4 is 5.73 Å². The van der Waals surface area contributed by atoms with Gasteiger partial charge in [0.1, 0.15) is 6.10 Å². The van der Waals surface area contributed by atoms with Crippen molar-refractivity contribution in [2.24, 2.45) is 23.5 Å². The van der Waals surface area contributed by atoms with E-state index in [1.165, 1.54) is 0 Å². The van der Waals surface area contributed by atoms with Gasteiger partial charge in [-0.2, -0.15) is 0 Å². The number of hydrogen-bond acceptors (Lipinski definition) is 2. The molecule has 0 aromatic rings. The zero-order valence-electron chi connectivity index (χ0n) is 11.3. The fourth-order valence-corrected chi connectivity index (χ4v) is 1.58. The molecule has 0 unspecified atom stereocenters. The summed E-state index contributed by atoms with van der Waals surface area (Å²) in [6, 6.07) is 0. The molecule has 0 aliphatic carbocycles. The SMILES string of the molecule is C/C(=C\[C@H](C)C(C)C)[C@H](OC(N)=O)C(C)C. The number of hydrogen-bond donors (Lipinski definition) is 1. The summed E-state index contributed by atoms with van der Waals surface area (Å²) in [6.07, 6.45) is 1.25. The third kappa shape index (κ3) is 5.19. The quantitative estimate of drug-likeness (QED) is 0.732. The Hall–Kier alpha value is -0.990. The van der Waals surface area contributed by atoms with E-state index in [0.29, 0.717) is 11.8 Å². The molecule has 0 radical (unpaired) electrons. The number of ether oxygens (including phenoxy) is 1. The van der Waals surface area contributed by atoms with Gasteiger partial charge in [-0.1, -0.05) is 40.7 Å². The maximum absolute atomic E-state index is 10.8. The van der Waals surface area contributed by atoms with Crippen LogP contribution in [0.25, 0.3) is 0 Å². The molecule has 2 N–H and O–H groups in total. The molecule has 0 bridgehead atoms. The molecule has 0 fully saturated rings. The summed E-state index contributed by atoms with van der Waals surface area (Å²) in [4.78, 5) is 10.8. The van der Waals surface area contributed by atoms with Gasteiger partial charge >= 0.3 is 6.09 Å². The van der Waals surface area contributed by atoms with Gasteiger partial charge in [-0.15, -0.1) is 0 Å². The number of carbonyl (C=O) groups excluding carboxylic acids is 1. The second-order valence-electron chi connectivity index (χ2n) is 5.12. The Kier molecular flexibility index (Phi) is 6.16. The van der Waals surface area contributed by atoms with Crippen molar-refractivity contribution in [3.8, 4) is 0 Å². The van der Waals surface area contributed by atoms with Gasteiger partial charge in [0.25, 0.3) is 0 Å². The molecule has 0 saturated carbocycles. The third-order valence-corrected chi connectivity index (χ3v) is 2.87. The number of nitrogens with two attached hydrogens (primary N) is 1. The van der Waals surface area contributed by atoms with Crippen molar-refractivity contribution in [1.29, 1.82) is 0 Å². The molecule has 94 valence electrons. The average molecular weight is 227 g/mol. The molecule has 0 heterocycles. The van der Waals surface area contributed by atoms with E-state index in [2.05, 4.69) is 26.8 Å². The van der Waals surface area contributed by atoms with Gasteiger partial charge in [0.15, 0.2) is 0 Å². The fourth-order valence-electron chi connectivity index (χ4n) is 1.58. The second-order valence-corrected chi connectivity index (χ2v) is 5.12. The summed E-state index contributed by atoms with van der Waals surface area (Å²) in [6.45, 7) is 12.5. The minimum atomic E-state index is -0.705. The van der Waals surface area contributed by atoms with Gasteiger partial charge in [-0.05, 0) is 30.3 Å². The third-order valence-electron chi connectivity index (χ3n) is 2.87. The van der Waals surface area contributed by atoms with Crippen LogP contribution in [0.15, 0.2) is 11.6 Å². The van der Waals surface area contributed by atoms with Crippen molar-refractivity contribution in [2.75, 3.05) is 0 Å². The molecule has 0 aliphatic rings. The van der Waals surface area contributed by atoms with E-state index in [1.807, 2.05) is 20.8 Å². The molecule has 0 rings (SSSR count). The highest BCUT2D eigenvalue weighted by Gasteiger charge is 2.19. The normalized spacial score (nSPS) is 16.4. The van der Waals surface area contributed by atoms with Crippen LogP contribution in [-0.2, 0) is 4.74 Å². The highest BCUT2D eigenvalue weighted by molar-refractivity contribution is 5.65. The molecule has 1 amide bonds. The van der Waals surface area contributed by atoms with E-state index in [4.69, 9.17) is 10.5 Å². The van der Waals surface area contributed by atoms with Crippen molar-refractivity contribution in [3.63, 3.8) is 0 Å². The minimum absolute atomic E-state index is 0.210. The van der Waals surface area contributed by atoms with E-state index in [0.717, 1.165) is 5.57 Å². The van der Waals surface area contributed by atoms with Crippen molar-refractivity contribution < 1.29 is 9.53 Å². The first-order valence-electron chi connectivity index (χ1n) is 5.90. The largest absolute Gasteiger partial charge is 0.442 e. The number of allylic oxidation sites excluding steroid dienone is 1. The lowest BCUT2D eigenvalue weighted by molar-refractivity contribution is 0.0991. The number of primary amides is 1. The second kappa shape index (κ2) is 6.56. The van der Waals surface area contributed by atoms with E-state index >= 15 is 0 Å². The molecule has 3 heteroatoms. The van der Waals surface area contributed by atoms with E-state index in [9.17, 15) is 4.79 Å². The highest BCUT2D eigenvalue weighted by Crippen LogP contribution is 2.20. The Morgan fingerprint density at radius 3 is 1.94 bits per heavy atom. The van der Waals surface area contributed by atoms with Crippen LogP contribution in [0.5, 0.6) is 0 Å². The molecule has 0 aromatic carbocycles. The van der Waals surface area contributed by atoms with Crippen LogP contribution in [0.3, 0.4) is 0 Å². The van der Waals surface area contributed by atoms with Crippen LogP contribution in [-0.4, -0.2) is 12.2 Å². The molecular formula is C13H25NO2. The van der Waals surface area contributed by atoms with Crippen molar-refractivity contribution >= 4 is 6.09 Å². The average Bonchev–Trinajstić information content (AvgIpc) is 2.12. The van der Waals surface area contributed by atoms with E-state index in [-0.39, 0.29) is 12.0 Å². The minimum Gasteiger partial charge on any atom is -0.442 e. The first-order valence-corrected chi connectivity index (χ1v) is 5.90. The zero-order valence-corrected chi connectivity index (χ0v) is 11.3. The summed E-state index contributed by atoms with van der Waals surface area (Å²) < 4.78 is 5.12. The fraction of sp³-hybridized carbons (Fsp3) is 0.769. The first-order chi connectivity index (χ1) is 7.25. The Morgan fingerprint density at radius 2 is 1.62 bits per heavy atom. The maximum atomic E-state index is 10.8. The lowest BCUT2D eigenvalue weighted by Crippen LogP contribution is -2.28. The summed E-state index contributed by atoms with van der Waals surface area (Å²) in [7, 11) is 0. The molecule has 16 heavy (non-hydrogen) atoms. The van der Waals surface area contributed by atoms with Crippen LogP contribution in [0.2, 0.25) is 0 Å². The van der Waals surface area contributed by atoms with Gasteiger partial charge in [0.05, 0.1) is 0 Å². The number of carbonyl (C=O) groups is 1. The monoisotopic (exact) mass is 227 g/mol. The predicted molar refractivity (Wildman–Crippen MR) is 67.1 cm³/mol. The lowest BCUT2D eigenvalue weighted by atomic mass is 9.91. The van der Waals surface area contributed by atoms with Crippen molar-refractivity contribution in [3.05, 3.63) is 11.6 Å². The van der Waals surface area contributed by atoms with E-state index in [1.54, 1.807) is 0 Å². The lowest BCUT2D eigenvalue weighted by Gasteiger charge is -2.23. The Morgan fingerprint density at radius 1 is 1.12 bits per heavy atom.